The summed E-state index contributed by atoms with van der Waals surface area (Å²) in [6.07, 6.45) is 5.61. The number of imide groups is 1. The number of anilines is 1. The Morgan fingerprint density at radius 1 is 1.35 bits per heavy atom. The molecule has 2 aromatic rings. The van der Waals surface area contributed by atoms with Crippen LogP contribution in [0.5, 0.6) is 0 Å². The lowest BCUT2D eigenvalue weighted by atomic mass is 10.1. The van der Waals surface area contributed by atoms with Crippen molar-refractivity contribution in [3.05, 3.63) is 30.0 Å². The van der Waals surface area contributed by atoms with Gasteiger partial charge in [-0.05, 0) is 56.4 Å². The number of carbonyl (C=O) groups is 2. The maximum Gasteiger partial charge on any atom is 0.228 e. The van der Waals surface area contributed by atoms with Crippen molar-refractivity contribution >= 4 is 28.9 Å². The van der Waals surface area contributed by atoms with E-state index in [9.17, 15) is 9.59 Å². The molecular weight excluding hydrogens is 326 g/mol. The molecule has 1 saturated carbocycles. The topological polar surface area (TPSA) is 54.3 Å². The molecule has 0 aliphatic heterocycles. The van der Waals surface area contributed by atoms with Gasteiger partial charge in [0.2, 0.25) is 12.3 Å². The third kappa shape index (κ3) is 4.45. The third-order valence-electron chi connectivity index (χ3n) is 4.76. The summed E-state index contributed by atoms with van der Waals surface area (Å²) in [5.74, 6) is 0.453. The van der Waals surface area contributed by atoms with Gasteiger partial charge >= 0.3 is 0 Å². The molecule has 0 spiro atoms. The molecule has 5 heteroatoms. The van der Waals surface area contributed by atoms with E-state index in [1.165, 1.54) is 29.3 Å². The Balaban J connectivity index is 0.00000117. The molecule has 142 valence electrons. The summed E-state index contributed by atoms with van der Waals surface area (Å²) in [4.78, 5) is 23.8. The van der Waals surface area contributed by atoms with E-state index in [1.807, 2.05) is 20.9 Å². The summed E-state index contributed by atoms with van der Waals surface area (Å²) in [6.45, 7) is 9.00. The zero-order valence-corrected chi connectivity index (χ0v) is 16.6. The zero-order valence-electron chi connectivity index (χ0n) is 16.6. The minimum absolute atomic E-state index is 0.248. The maximum atomic E-state index is 11.4. The normalized spacial score (nSPS) is 13.3. The molecule has 2 amide bonds. The van der Waals surface area contributed by atoms with Crippen molar-refractivity contribution in [2.45, 2.75) is 58.9 Å². The van der Waals surface area contributed by atoms with Crippen molar-refractivity contribution in [1.82, 2.24) is 9.88 Å². The van der Waals surface area contributed by atoms with Gasteiger partial charge in [0.25, 0.3) is 0 Å². The van der Waals surface area contributed by atoms with Crippen molar-refractivity contribution in [2.24, 2.45) is 0 Å². The van der Waals surface area contributed by atoms with E-state index in [-0.39, 0.29) is 5.91 Å². The Bertz CT molecular complexity index is 760. The van der Waals surface area contributed by atoms with Crippen LogP contribution in [0.2, 0.25) is 0 Å². The molecule has 1 fully saturated rings. The highest BCUT2D eigenvalue weighted by Gasteiger charge is 2.27. The minimum Gasteiger partial charge on any atom is -0.374 e. The van der Waals surface area contributed by atoms with Gasteiger partial charge in [-0.2, -0.15) is 0 Å². The quantitative estimate of drug-likeness (QED) is 0.755. The SMILES string of the molecule is CC.CC(C)n1cc(C2CC2)c2cc(N(C)CCC(=O)NC=O)ccc21. The lowest BCUT2D eigenvalue weighted by Crippen LogP contribution is -2.27. The molecule has 1 aliphatic rings. The number of rotatable bonds is 7. The average Bonchev–Trinajstić information content (AvgIpc) is 3.41. The number of aromatic nitrogens is 1. The van der Waals surface area contributed by atoms with Crippen LogP contribution in [0.3, 0.4) is 0 Å². The van der Waals surface area contributed by atoms with E-state index in [2.05, 4.69) is 53.0 Å². The second kappa shape index (κ2) is 8.88. The summed E-state index contributed by atoms with van der Waals surface area (Å²) in [6, 6.07) is 6.96. The third-order valence-corrected chi connectivity index (χ3v) is 4.76. The Morgan fingerprint density at radius 2 is 2.04 bits per heavy atom. The van der Waals surface area contributed by atoms with E-state index in [0.717, 1.165) is 5.69 Å². The van der Waals surface area contributed by atoms with Crippen LogP contribution in [0.25, 0.3) is 10.9 Å². The number of nitrogens with zero attached hydrogens (tertiary/aromatic N) is 2. The van der Waals surface area contributed by atoms with Gasteiger partial charge in [0.15, 0.2) is 0 Å². The molecule has 3 rings (SSSR count). The fraction of sp³-hybridized carbons (Fsp3) is 0.524. The van der Waals surface area contributed by atoms with E-state index in [1.54, 1.807) is 0 Å². The molecule has 1 aromatic heterocycles. The first-order chi connectivity index (χ1) is 12.5. The first kappa shape index (κ1) is 20.0. The molecule has 1 N–H and O–H groups in total. The maximum absolute atomic E-state index is 11.4. The van der Waals surface area contributed by atoms with Crippen molar-refractivity contribution in [3.8, 4) is 0 Å². The second-order valence-electron chi connectivity index (χ2n) is 6.92. The van der Waals surface area contributed by atoms with Crippen LogP contribution < -0.4 is 10.2 Å². The van der Waals surface area contributed by atoms with Crippen molar-refractivity contribution in [2.75, 3.05) is 18.5 Å². The number of hydrogen-bond acceptors (Lipinski definition) is 3. The van der Waals surface area contributed by atoms with Gasteiger partial charge in [-0.25, -0.2) is 0 Å². The van der Waals surface area contributed by atoms with Gasteiger partial charge in [0, 0.05) is 48.8 Å². The van der Waals surface area contributed by atoms with Gasteiger partial charge in [0.05, 0.1) is 0 Å². The molecule has 0 unspecified atom stereocenters. The Labute approximate surface area is 156 Å². The van der Waals surface area contributed by atoms with Crippen LogP contribution in [-0.4, -0.2) is 30.5 Å². The Morgan fingerprint density at radius 3 is 2.62 bits per heavy atom. The van der Waals surface area contributed by atoms with Crippen LogP contribution in [0.15, 0.2) is 24.4 Å². The summed E-state index contributed by atoms with van der Waals surface area (Å²) >= 11 is 0. The molecular formula is C21H31N3O2. The first-order valence-corrected chi connectivity index (χ1v) is 9.60. The minimum atomic E-state index is -0.248. The van der Waals surface area contributed by atoms with Crippen LogP contribution in [-0.2, 0) is 9.59 Å². The van der Waals surface area contributed by atoms with Gasteiger partial charge < -0.3 is 9.47 Å². The molecule has 26 heavy (non-hydrogen) atoms. The standard InChI is InChI=1S/C19H25N3O2.C2H6/c1-13(2)22-11-17(14-4-5-14)16-10-15(6-7-18(16)22)21(3)9-8-19(24)20-12-23;1-2/h6-7,10-14H,4-5,8-9H2,1-3H3,(H,20,23,24);1-2H3. The highest BCUT2D eigenvalue weighted by molar-refractivity contribution is 5.89. The fourth-order valence-corrected chi connectivity index (χ4v) is 3.19. The Hall–Kier alpha value is -2.30. The number of carbonyl (C=O) groups excluding carboxylic acids is 2. The number of amides is 2. The van der Waals surface area contributed by atoms with Gasteiger partial charge in [-0.3, -0.25) is 14.9 Å². The molecule has 0 saturated heterocycles. The summed E-state index contributed by atoms with van der Waals surface area (Å²) < 4.78 is 2.35. The Kier molecular flexibility index (Phi) is 6.83. The predicted molar refractivity (Wildman–Crippen MR) is 108 cm³/mol. The number of fused-ring (bicyclic) bond motifs is 1. The largest absolute Gasteiger partial charge is 0.374 e. The summed E-state index contributed by atoms with van der Waals surface area (Å²) in [5, 5.41) is 3.51. The van der Waals surface area contributed by atoms with E-state index < -0.39 is 0 Å². The van der Waals surface area contributed by atoms with E-state index >= 15 is 0 Å². The highest BCUT2D eigenvalue weighted by atomic mass is 16.2. The van der Waals surface area contributed by atoms with Crippen molar-refractivity contribution in [3.63, 3.8) is 0 Å². The van der Waals surface area contributed by atoms with Crippen molar-refractivity contribution in [1.29, 1.82) is 0 Å². The molecule has 1 heterocycles. The van der Waals surface area contributed by atoms with Crippen LogP contribution in [0.4, 0.5) is 5.69 Å². The van der Waals surface area contributed by atoms with E-state index in [4.69, 9.17) is 0 Å². The summed E-state index contributed by atoms with van der Waals surface area (Å²) in [7, 11) is 1.98. The zero-order chi connectivity index (χ0) is 19.3. The number of nitrogens with one attached hydrogen (secondary N) is 1. The molecule has 1 aliphatic carbocycles. The van der Waals surface area contributed by atoms with Crippen LogP contribution >= 0.6 is 0 Å². The van der Waals surface area contributed by atoms with Crippen molar-refractivity contribution < 1.29 is 9.59 Å². The lowest BCUT2D eigenvalue weighted by molar-refractivity contribution is -0.125. The highest BCUT2D eigenvalue weighted by Crippen LogP contribution is 2.45. The molecule has 0 atom stereocenters. The molecule has 0 radical (unpaired) electrons. The van der Waals surface area contributed by atoms with Gasteiger partial charge in [-0.1, -0.05) is 13.8 Å². The monoisotopic (exact) mass is 357 g/mol. The lowest BCUT2D eigenvalue weighted by Gasteiger charge is -2.19. The van der Waals surface area contributed by atoms with E-state index in [0.29, 0.717) is 31.3 Å². The summed E-state index contributed by atoms with van der Waals surface area (Å²) in [5.41, 5.74) is 3.83. The number of benzene rings is 1. The number of hydrogen-bond donors (Lipinski definition) is 1. The molecule has 5 nitrogen and oxygen atoms in total. The average molecular weight is 357 g/mol. The van der Waals surface area contributed by atoms with Gasteiger partial charge in [0.1, 0.15) is 0 Å². The second-order valence-corrected chi connectivity index (χ2v) is 6.92. The first-order valence-electron chi connectivity index (χ1n) is 9.60. The fourth-order valence-electron chi connectivity index (χ4n) is 3.19. The predicted octanol–water partition coefficient (Wildman–Crippen LogP) is 4.22. The smallest absolute Gasteiger partial charge is 0.228 e. The molecule has 0 bridgehead atoms. The van der Waals surface area contributed by atoms with Crippen LogP contribution in [0, 0.1) is 0 Å². The van der Waals surface area contributed by atoms with Gasteiger partial charge in [-0.15, -0.1) is 0 Å². The van der Waals surface area contributed by atoms with Crippen LogP contribution in [0.1, 0.15) is 64.5 Å². The molecule has 1 aromatic carbocycles.